The molecule has 168 valence electrons. The van der Waals surface area contributed by atoms with Crippen LogP contribution >= 0.6 is 0 Å². The van der Waals surface area contributed by atoms with Crippen molar-refractivity contribution in [1.82, 2.24) is 14.3 Å². The number of pyridine rings is 1. The second-order valence-corrected chi connectivity index (χ2v) is 8.98. The Balaban J connectivity index is 1.82. The second kappa shape index (κ2) is 8.42. The van der Waals surface area contributed by atoms with Gasteiger partial charge in [-0.2, -0.15) is 5.26 Å². The van der Waals surface area contributed by atoms with Gasteiger partial charge in [-0.25, -0.2) is 4.98 Å². The highest BCUT2D eigenvalue weighted by Crippen LogP contribution is 2.38. The Labute approximate surface area is 194 Å². The van der Waals surface area contributed by atoms with E-state index in [1.165, 1.54) is 11.1 Å². The first-order valence-electron chi connectivity index (χ1n) is 11.4. The van der Waals surface area contributed by atoms with Crippen molar-refractivity contribution in [3.05, 3.63) is 70.8 Å². The maximum Gasteiger partial charge on any atom is 0.157 e. The van der Waals surface area contributed by atoms with Gasteiger partial charge in [0.2, 0.25) is 0 Å². The molecular formula is C27H29N5O. The molecule has 0 amide bonds. The van der Waals surface area contributed by atoms with Crippen LogP contribution < -0.4 is 9.64 Å². The average Bonchev–Trinajstić information content (AvgIpc) is 3.46. The predicted molar refractivity (Wildman–Crippen MR) is 132 cm³/mol. The monoisotopic (exact) mass is 439 g/mol. The van der Waals surface area contributed by atoms with Crippen LogP contribution in [0.4, 0.5) is 5.82 Å². The van der Waals surface area contributed by atoms with Crippen molar-refractivity contribution in [1.29, 1.82) is 5.26 Å². The minimum atomic E-state index is 0.302. The lowest BCUT2D eigenvalue weighted by Crippen LogP contribution is -2.42. The van der Waals surface area contributed by atoms with E-state index in [0.29, 0.717) is 11.7 Å². The number of imidazole rings is 1. The summed E-state index contributed by atoms with van der Waals surface area (Å²) >= 11 is 0. The lowest BCUT2D eigenvalue weighted by molar-refractivity contribution is 0.300. The molecule has 0 spiro atoms. The number of nitriles is 1. The Morgan fingerprint density at radius 1 is 1.15 bits per heavy atom. The second-order valence-electron chi connectivity index (χ2n) is 8.98. The fraction of sp³-hybridized carbons (Fsp3) is 0.333. The van der Waals surface area contributed by atoms with E-state index in [9.17, 15) is 5.26 Å². The van der Waals surface area contributed by atoms with Gasteiger partial charge in [-0.15, -0.1) is 0 Å². The first kappa shape index (κ1) is 21.3. The Kier molecular flexibility index (Phi) is 5.43. The molecule has 1 fully saturated rings. The molecule has 0 radical (unpaired) electrons. The Morgan fingerprint density at radius 2 is 1.91 bits per heavy atom. The van der Waals surface area contributed by atoms with E-state index in [0.717, 1.165) is 59.6 Å². The van der Waals surface area contributed by atoms with Gasteiger partial charge in [0, 0.05) is 18.5 Å². The standard InChI is InChI=1S/C27H29N5O/c1-18-21(16-19-11-13-20(33-4)14-12-19)27(31-15-7-10-25(31)30(2)3)32-24-9-6-5-8-23(24)29-26(32)22(18)17-28/h5-6,8-9,11-14,25H,7,10,15-16H2,1-4H3. The number of hydrogen-bond acceptors (Lipinski definition) is 5. The topological polar surface area (TPSA) is 56.8 Å². The highest BCUT2D eigenvalue weighted by Gasteiger charge is 2.32. The van der Waals surface area contributed by atoms with Crippen molar-refractivity contribution >= 4 is 22.5 Å². The molecule has 2 aromatic heterocycles. The SMILES string of the molecule is COc1ccc(Cc2c(C)c(C#N)c3nc4ccccc4n3c2N2CCCC2N(C)C)cc1. The van der Waals surface area contributed by atoms with E-state index in [4.69, 9.17) is 9.72 Å². The van der Waals surface area contributed by atoms with Gasteiger partial charge in [-0.1, -0.05) is 24.3 Å². The molecule has 0 saturated carbocycles. The first-order chi connectivity index (χ1) is 16.0. The molecular weight excluding hydrogens is 410 g/mol. The van der Waals surface area contributed by atoms with Gasteiger partial charge >= 0.3 is 0 Å². The summed E-state index contributed by atoms with van der Waals surface area (Å²) in [4.78, 5) is 9.71. The molecule has 1 aliphatic rings. The predicted octanol–water partition coefficient (Wildman–Crippen LogP) is 4.75. The van der Waals surface area contributed by atoms with Crippen LogP contribution in [-0.2, 0) is 6.42 Å². The molecule has 1 atom stereocenters. The zero-order chi connectivity index (χ0) is 23.1. The number of methoxy groups -OCH3 is 1. The first-order valence-corrected chi connectivity index (χ1v) is 11.4. The molecule has 33 heavy (non-hydrogen) atoms. The number of nitrogens with zero attached hydrogens (tertiary/aromatic N) is 5. The number of benzene rings is 2. The Bertz CT molecular complexity index is 1360. The van der Waals surface area contributed by atoms with E-state index in [2.05, 4.69) is 59.5 Å². The molecule has 1 aliphatic heterocycles. The summed E-state index contributed by atoms with van der Waals surface area (Å²) in [6.45, 7) is 3.05. The Hall–Kier alpha value is -3.56. The number of ether oxygens (including phenoxy) is 1. The minimum absolute atomic E-state index is 0.302. The molecule has 3 heterocycles. The summed E-state index contributed by atoms with van der Waals surface area (Å²) in [7, 11) is 5.97. The van der Waals surface area contributed by atoms with Crippen LogP contribution in [0.25, 0.3) is 16.7 Å². The van der Waals surface area contributed by atoms with E-state index < -0.39 is 0 Å². The number of hydrogen-bond donors (Lipinski definition) is 0. The molecule has 1 saturated heterocycles. The van der Waals surface area contributed by atoms with Crippen LogP contribution in [0.2, 0.25) is 0 Å². The molecule has 6 heteroatoms. The van der Waals surface area contributed by atoms with Crippen LogP contribution in [0.5, 0.6) is 5.75 Å². The number of para-hydroxylation sites is 2. The summed E-state index contributed by atoms with van der Waals surface area (Å²) < 4.78 is 7.58. The van der Waals surface area contributed by atoms with Gasteiger partial charge < -0.3 is 9.64 Å². The normalized spacial score (nSPS) is 16.1. The number of fused-ring (bicyclic) bond motifs is 3. The fourth-order valence-corrected chi connectivity index (χ4v) is 5.16. The molecule has 2 aromatic carbocycles. The number of anilines is 1. The molecule has 5 rings (SSSR count). The molecule has 0 bridgehead atoms. The Morgan fingerprint density at radius 3 is 2.61 bits per heavy atom. The molecule has 6 nitrogen and oxygen atoms in total. The molecule has 4 aromatic rings. The average molecular weight is 440 g/mol. The van der Waals surface area contributed by atoms with Crippen molar-refractivity contribution in [2.75, 3.05) is 32.6 Å². The van der Waals surface area contributed by atoms with Crippen molar-refractivity contribution in [2.45, 2.75) is 32.4 Å². The van der Waals surface area contributed by atoms with Gasteiger partial charge in [-0.3, -0.25) is 9.30 Å². The third-order valence-electron chi connectivity index (χ3n) is 6.83. The third kappa shape index (κ3) is 3.49. The van der Waals surface area contributed by atoms with Crippen LogP contribution in [0.15, 0.2) is 48.5 Å². The van der Waals surface area contributed by atoms with Crippen molar-refractivity contribution < 1.29 is 4.74 Å². The minimum Gasteiger partial charge on any atom is -0.497 e. The molecule has 0 N–H and O–H groups in total. The number of aromatic nitrogens is 2. The molecule has 1 unspecified atom stereocenters. The summed E-state index contributed by atoms with van der Waals surface area (Å²) in [5, 5.41) is 10.2. The van der Waals surface area contributed by atoms with E-state index in [-0.39, 0.29) is 0 Å². The maximum absolute atomic E-state index is 10.2. The lowest BCUT2D eigenvalue weighted by atomic mass is 9.97. The van der Waals surface area contributed by atoms with E-state index in [1.54, 1.807) is 7.11 Å². The van der Waals surface area contributed by atoms with Crippen LogP contribution in [0, 0.1) is 18.3 Å². The zero-order valence-corrected chi connectivity index (χ0v) is 19.7. The lowest BCUT2D eigenvalue weighted by Gasteiger charge is -2.34. The van der Waals surface area contributed by atoms with Crippen LogP contribution in [0.1, 0.15) is 35.1 Å². The van der Waals surface area contributed by atoms with Gasteiger partial charge in [0.1, 0.15) is 17.6 Å². The quantitative estimate of drug-likeness (QED) is 0.449. The third-order valence-corrected chi connectivity index (χ3v) is 6.83. The summed E-state index contributed by atoms with van der Waals surface area (Å²) in [6.07, 6.45) is 3.29. The van der Waals surface area contributed by atoms with Crippen LogP contribution in [0.3, 0.4) is 0 Å². The van der Waals surface area contributed by atoms with Crippen molar-refractivity contribution in [2.24, 2.45) is 0 Å². The molecule has 0 aliphatic carbocycles. The van der Waals surface area contributed by atoms with Gasteiger partial charge in [0.25, 0.3) is 0 Å². The fourth-order valence-electron chi connectivity index (χ4n) is 5.16. The van der Waals surface area contributed by atoms with E-state index in [1.807, 2.05) is 30.3 Å². The largest absolute Gasteiger partial charge is 0.497 e. The number of rotatable bonds is 5. The summed E-state index contributed by atoms with van der Waals surface area (Å²) in [5.74, 6) is 2.00. The van der Waals surface area contributed by atoms with E-state index >= 15 is 0 Å². The maximum atomic E-state index is 10.2. The van der Waals surface area contributed by atoms with Crippen molar-refractivity contribution in [3.8, 4) is 11.8 Å². The van der Waals surface area contributed by atoms with Gasteiger partial charge in [-0.05, 0) is 69.3 Å². The van der Waals surface area contributed by atoms with Gasteiger partial charge in [0.05, 0.1) is 29.9 Å². The highest BCUT2D eigenvalue weighted by atomic mass is 16.5. The van der Waals surface area contributed by atoms with Crippen LogP contribution in [-0.4, -0.2) is 48.2 Å². The summed E-state index contributed by atoms with van der Waals surface area (Å²) in [6, 6.07) is 18.9. The van der Waals surface area contributed by atoms with Gasteiger partial charge in [0.15, 0.2) is 5.65 Å². The zero-order valence-electron chi connectivity index (χ0n) is 19.7. The highest BCUT2D eigenvalue weighted by molar-refractivity contribution is 5.86. The smallest absolute Gasteiger partial charge is 0.157 e. The van der Waals surface area contributed by atoms with Crippen molar-refractivity contribution in [3.63, 3.8) is 0 Å². The summed E-state index contributed by atoms with van der Waals surface area (Å²) in [5.41, 5.74) is 6.73.